The molecule has 1 aromatic carbocycles. The van der Waals surface area contributed by atoms with Crippen LogP contribution in [0.1, 0.15) is 33.1 Å². The second kappa shape index (κ2) is 8.79. The number of pyridine rings is 1. The number of nitrogens with zero attached hydrogens (tertiary/aromatic N) is 4. The van der Waals surface area contributed by atoms with Crippen molar-refractivity contribution in [3.8, 4) is 11.3 Å². The molecule has 0 saturated heterocycles. The van der Waals surface area contributed by atoms with Gasteiger partial charge >= 0.3 is 6.03 Å². The Bertz CT molecular complexity index is 1060. The predicted octanol–water partition coefficient (Wildman–Crippen LogP) is 4.63. The zero-order valence-corrected chi connectivity index (χ0v) is 18.7. The first kappa shape index (κ1) is 20.9. The highest BCUT2D eigenvalue weighted by molar-refractivity contribution is 6.07. The number of nitrogens with one attached hydrogen (secondary N) is 2. The van der Waals surface area contributed by atoms with Crippen LogP contribution in [0.3, 0.4) is 0 Å². The Morgan fingerprint density at radius 3 is 2.74 bits per heavy atom. The van der Waals surface area contributed by atoms with Gasteiger partial charge in [-0.25, -0.2) is 14.8 Å². The second-order valence-corrected chi connectivity index (χ2v) is 8.33. The van der Waals surface area contributed by atoms with Crippen molar-refractivity contribution in [2.75, 3.05) is 42.3 Å². The number of aromatic nitrogens is 1. The van der Waals surface area contributed by atoms with Crippen molar-refractivity contribution in [2.45, 2.75) is 33.1 Å². The van der Waals surface area contributed by atoms with Crippen LogP contribution in [-0.2, 0) is 0 Å². The first-order valence-electron chi connectivity index (χ1n) is 10.8. The van der Waals surface area contributed by atoms with Crippen molar-refractivity contribution in [3.05, 3.63) is 47.7 Å². The topological polar surface area (TPSA) is 72.9 Å². The average molecular weight is 419 g/mol. The zero-order valence-electron chi connectivity index (χ0n) is 18.7. The SMILES string of the molecule is CC1=C(C)N=C(NC(=O)N2CCCCNc3ccc(-c4cccc(N(C)C)c4)nc32)C1. The number of anilines is 3. The van der Waals surface area contributed by atoms with Gasteiger partial charge < -0.3 is 10.2 Å². The Balaban J connectivity index is 1.66. The van der Waals surface area contributed by atoms with E-state index in [0.717, 1.165) is 47.7 Å². The van der Waals surface area contributed by atoms with E-state index in [-0.39, 0.29) is 6.03 Å². The molecule has 4 rings (SSSR count). The number of carbonyl (C=O) groups excluding carboxylic acids is 1. The van der Waals surface area contributed by atoms with Crippen LogP contribution in [0.2, 0.25) is 0 Å². The van der Waals surface area contributed by atoms with Crippen molar-refractivity contribution in [1.82, 2.24) is 10.3 Å². The summed E-state index contributed by atoms with van der Waals surface area (Å²) in [6.07, 6.45) is 2.59. The molecule has 2 amide bonds. The van der Waals surface area contributed by atoms with Crippen LogP contribution in [0.5, 0.6) is 0 Å². The standard InChI is InChI=1S/C24H30N6O/c1-16-14-22(26-17(16)2)28-24(31)30-13-6-5-12-25-21-11-10-20(27-23(21)30)18-8-7-9-19(15-18)29(3)4/h7-11,15,25H,5-6,12-14H2,1-4H3,(H,26,28,31). The van der Waals surface area contributed by atoms with Crippen LogP contribution in [0.15, 0.2) is 52.7 Å². The van der Waals surface area contributed by atoms with E-state index in [0.29, 0.717) is 24.6 Å². The second-order valence-electron chi connectivity index (χ2n) is 8.33. The maximum atomic E-state index is 13.2. The van der Waals surface area contributed by atoms with E-state index in [9.17, 15) is 4.79 Å². The highest BCUT2D eigenvalue weighted by Crippen LogP contribution is 2.31. The third-order valence-electron chi connectivity index (χ3n) is 5.76. The zero-order chi connectivity index (χ0) is 22.0. The summed E-state index contributed by atoms with van der Waals surface area (Å²) < 4.78 is 0. The molecule has 0 bridgehead atoms. The van der Waals surface area contributed by atoms with Crippen LogP contribution < -0.4 is 20.4 Å². The molecule has 7 heteroatoms. The number of amidine groups is 1. The molecule has 0 fully saturated rings. The minimum Gasteiger partial charge on any atom is -0.382 e. The van der Waals surface area contributed by atoms with Gasteiger partial charge in [0.15, 0.2) is 5.82 Å². The molecule has 3 heterocycles. The van der Waals surface area contributed by atoms with E-state index in [4.69, 9.17) is 4.98 Å². The third-order valence-corrected chi connectivity index (χ3v) is 5.76. The maximum absolute atomic E-state index is 13.2. The molecule has 1 aromatic heterocycles. The number of aliphatic imine (C=N–C) groups is 1. The molecule has 0 unspecified atom stereocenters. The number of allylic oxidation sites excluding steroid dienone is 1. The Hall–Kier alpha value is -3.35. The summed E-state index contributed by atoms with van der Waals surface area (Å²) in [4.78, 5) is 26.5. The van der Waals surface area contributed by atoms with Crippen LogP contribution in [-0.4, -0.2) is 44.0 Å². The number of rotatable bonds is 2. The summed E-state index contributed by atoms with van der Waals surface area (Å²) >= 11 is 0. The Kier molecular flexibility index (Phi) is 5.93. The Morgan fingerprint density at radius 1 is 1.16 bits per heavy atom. The van der Waals surface area contributed by atoms with E-state index in [1.54, 1.807) is 4.90 Å². The van der Waals surface area contributed by atoms with E-state index in [1.807, 2.05) is 52.2 Å². The average Bonchev–Trinajstić information content (AvgIpc) is 3.05. The number of benzene rings is 1. The van der Waals surface area contributed by atoms with Crippen LogP contribution in [0.4, 0.5) is 22.0 Å². The molecule has 0 aliphatic carbocycles. The molecule has 2 aliphatic rings. The van der Waals surface area contributed by atoms with Gasteiger partial charge in [-0.15, -0.1) is 0 Å². The minimum absolute atomic E-state index is 0.183. The highest BCUT2D eigenvalue weighted by atomic mass is 16.2. The monoisotopic (exact) mass is 418 g/mol. The van der Waals surface area contributed by atoms with Gasteiger partial charge in [-0.05, 0) is 56.5 Å². The summed E-state index contributed by atoms with van der Waals surface area (Å²) in [6, 6.07) is 12.1. The maximum Gasteiger partial charge on any atom is 0.328 e. The van der Waals surface area contributed by atoms with Gasteiger partial charge in [0.2, 0.25) is 0 Å². The predicted molar refractivity (Wildman–Crippen MR) is 128 cm³/mol. The van der Waals surface area contributed by atoms with Crippen molar-refractivity contribution >= 4 is 29.1 Å². The fraction of sp³-hybridized carbons (Fsp3) is 0.375. The number of amides is 2. The summed E-state index contributed by atoms with van der Waals surface area (Å²) in [5.41, 5.74) is 6.01. The molecule has 0 saturated carbocycles. The number of fused-ring (bicyclic) bond motifs is 1. The largest absolute Gasteiger partial charge is 0.382 e. The molecular weight excluding hydrogens is 388 g/mol. The lowest BCUT2D eigenvalue weighted by Gasteiger charge is -2.27. The molecule has 162 valence electrons. The van der Waals surface area contributed by atoms with Crippen molar-refractivity contribution in [1.29, 1.82) is 0 Å². The first-order chi connectivity index (χ1) is 14.9. The third kappa shape index (κ3) is 4.55. The Labute approximate surface area is 183 Å². The Morgan fingerprint density at radius 2 is 2.00 bits per heavy atom. The van der Waals surface area contributed by atoms with Crippen LogP contribution >= 0.6 is 0 Å². The van der Waals surface area contributed by atoms with Gasteiger partial charge in [-0.1, -0.05) is 12.1 Å². The number of urea groups is 1. The normalized spacial score (nSPS) is 16.1. The molecule has 2 aromatic rings. The number of hydrogen-bond donors (Lipinski definition) is 2. The van der Waals surface area contributed by atoms with Gasteiger partial charge in [0, 0.05) is 50.6 Å². The molecule has 2 N–H and O–H groups in total. The van der Waals surface area contributed by atoms with Gasteiger partial charge in [0.25, 0.3) is 0 Å². The van der Waals surface area contributed by atoms with E-state index >= 15 is 0 Å². The lowest BCUT2D eigenvalue weighted by molar-refractivity contribution is 0.250. The lowest BCUT2D eigenvalue weighted by Crippen LogP contribution is -2.44. The van der Waals surface area contributed by atoms with Crippen LogP contribution in [0.25, 0.3) is 11.3 Å². The van der Waals surface area contributed by atoms with Gasteiger partial charge in [0.1, 0.15) is 5.84 Å². The quantitative estimate of drug-likeness (QED) is 0.746. The fourth-order valence-electron chi connectivity index (χ4n) is 3.80. The van der Waals surface area contributed by atoms with Crippen LogP contribution in [0, 0.1) is 0 Å². The van der Waals surface area contributed by atoms with Crippen molar-refractivity contribution in [2.24, 2.45) is 4.99 Å². The van der Waals surface area contributed by atoms with Crippen molar-refractivity contribution < 1.29 is 4.79 Å². The van der Waals surface area contributed by atoms with Gasteiger partial charge in [0.05, 0.1) is 11.4 Å². The number of carbonyl (C=O) groups is 1. The smallest absolute Gasteiger partial charge is 0.328 e. The molecule has 0 atom stereocenters. The molecule has 0 spiro atoms. The molecule has 0 radical (unpaired) electrons. The van der Waals surface area contributed by atoms with Gasteiger partial charge in [-0.2, -0.15) is 0 Å². The van der Waals surface area contributed by atoms with E-state index in [2.05, 4.69) is 32.7 Å². The van der Waals surface area contributed by atoms with Crippen molar-refractivity contribution in [3.63, 3.8) is 0 Å². The van der Waals surface area contributed by atoms with E-state index < -0.39 is 0 Å². The van der Waals surface area contributed by atoms with E-state index in [1.165, 1.54) is 5.57 Å². The molecular formula is C24H30N6O. The highest BCUT2D eigenvalue weighted by Gasteiger charge is 2.24. The molecule has 2 aliphatic heterocycles. The fourth-order valence-corrected chi connectivity index (χ4v) is 3.80. The number of hydrogen-bond acceptors (Lipinski definition) is 5. The summed E-state index contributed by atoms with van der Waals surface area (Å²) in [6.45, 7) is 5.50. The van der Waals surface area contributed by atoms with Gasteiger partial charge in [-0.3, -0.25) is 10.2 Å². The molecule has 7 nitrogen and oxygen atoms in total. The summed E-state index contributed by atoms with van der Waals surface area (Å²) in [5, 5.41) is 6.44. The lowest BCUT2D eigenvalue weighted by atomic mass is 10.1. The minimum atomic E-state index is -0.183. The first-order valence-corrected chi connectivity index (χ1v) is 10.8. The molecule has 31 heavy (non-hydrogen) atoms. The summed E-state index contributed by atoms with van der Waals surface area (Å²) in [5.74, 6) is 1.36. The summed E-state index contributed by atoms with van der Waals surface area (Å²) in [7, 11) is 4.04.